The number of likely N-dealkylation sites (tertiary alicyclic amines) is 1. The second-order valence-corrected chi connectivity index (χ2v) is 6.78. The van der Waals surface area contributed by atoms with Crippen LogP contribution < -0.4 is 4.74 Å². The van der Waals surface area contributed by atoms with E-state index in [1.807, 2.05) is 11.0 Å². The molecule has 2 aliphatic rings. The van der Waals surface area contributed by atoms with Gasteiger partial charge in [0.2, 0.25) is 5.91 Å². The number of nitrogens with zero attached hydrogens (tertiary/aromatic N) is 2. The monoisotopic (exact) mass is 328 g/mol. The molecule has 0 N–H and O–H groups in total. The summed E-state index contributed by atoms with van der Waals surface area (Å²) in [6, 6.07) is 6.63. The Balaban J connectivity index is 1.68. The molecule has 0 radical (unpaired) electrons. The number of rotatable bonds is 6. The van der Waals surface area contributed by atoms with E-state index in [2.05, 4.69) is 30.5 Å². The first-order chi connectivity index (χ1) is 11.7. The van der Waals surface area contributed by atoms with Crippen molar-refractivity contribution in [3.05, 3.63) is 42.0 Å². The van der Waals surface area contributed by atoms with Crippen molar-refractivity contribution in [1.29, 1.82) is 0 Å². The second-order valence-electron chi connectivity index (χ2n) is 6.78. The molecule has 1 fully saturated rings. The summed E-state index contributed by atoms with van der Waals surface area (Å²) >= 11 is 0. The highest BCUT2D eigenvalue weighted by Crippen LogP contribution is 2.27. The minimum absolute atomic E-state index is 0.0423. The van der Waals surface area contributed by atoms with Gasteiger partial charge in [0.1, 0.15) is 5.75 Å². The molecule has 0 spiro atoms. The molecule has 1 saturated heterocycles. The van der Waals surface area contributed by atoms with Gasteiger partial charge in [0.15, 0.2) is 0 Å². The number of carbonyl (C=O) groups excluding carboxylic acids is 1. The van der Waals surface area contributed by atoms with Gasteiger partial charge >= 0.3 is 0 Å². The summed E-state index contributed by atoms with van der Waals surface area (Å²) < 4.78 is 5.58. The van der Waals surface area contributed by atoms with Gasteiger partial charge in [-0.05, 0) is 49.1 Å². The van der Waals surface area contributed by atoms with Crippen molar-refractivity contribution in [2.45, 2.75) is 45.2 Å². The molecule has 2 aliphatic heterocycles. The molecule has 0 aromatic heterocycles. The first-order valence-corrected chi connectivity index (χ1v) is 9.11. The van der Waals surface area contributed by atoms with Crippen molar-refractivity contribution in [1.82, 2.24) is 9.80 Å². The Bertz CT molecular complexity index is 591. The maximum absolute atomic E-state index is 12.4. The highest BCUT2D eigenvalue weighted by Gasteiger charge is 2.27. The van der Waals surface area contributed by atoms with Crippen LogP contribution in [-0.4, -0.2) is 48.0 Å². The van der Waals surface area contributed by atoms with Crippen LogP contribution in [-0.2, 0) is 17.8 Å². The molecule has 1 amide bonds. The minimum atomic E-state index is 0.0423. The van der Waals surface area contributed by atoms with Gasteiger partial charge in [-0.3, -0.25) is 4.79 Å². The molecule has 0 aliphatic carbocycles. The van der Waals surface area contributed by atoms with Crippen LogP contribution in [0.15, 0.2) is 30.9 Å². The van der Waals surface area contributed by atoms with Crippen molar-refractivity contribution in [3.8, 4) is 5.75 Å². The van der Waals surface area contributed by atoms with E-state index in [1.165, 1.54) is 23.6 Å². The summed E-state index contributed by atoms with van der Waals surface area (Å²) in [5.74, 6) is 1.04. The molecule has 0 unspecified atom stereocenters. The predicted octanol–water partition coefficient (Wildman–Crippen LogP) is 3.01. The highest BCUT2D eigenvalue weighted by atomic mass is 16.5. The number of benzene rings is 1. The topological polar surface area (TPSA) is 32.8 Å². The summed E-state index contributed by atoms with van der Waals surface area (Å²) in [6.45, 7) is 10.7. The number of amides is 1. The van der Waals surface area contributed by atoms with Gasteiger partial charge in [0.05, 0.1) is 6.61 Å². The van der Waals surface area contributed by atoms with E-state index in [1.54, 1.807) is 0 Å². The molecule has 3 rings (SSSR count). The van der Waals surface area contributed by atoms with Gasteiger partial charge in [0, 0.05) is 32.1 Å². The zero-order chi connectivity index (χ0) is 16.9. The van der Waals surface area contributed by atoms with Crippen molar-refractivity contribution >= 4 is 5.91 Å². The molecular formula is C20H28N2O2. The van der Waals surface area contributed by atoms with Crippen LogP contribution in [0.2, 0.25) is 0 Å². The first kappa shape index (κ1) is 17.0. The van der Waals surface area contributed by atoms with Crippen molar-refractivity contribution < 1.29 is 9.53 Å². The van der Waals surface area contributed by atoms with Gasteiger partial charge in [-0.25, -0.2) is 0 Å². The molecular weight excluding hydrogens is 300 g/mol. The van der Waals surface area contributed by atoms with Crippen molar-refractivity contribution in [2.75, 3.05) is 26.2 Å². The van der Waals surface area contributed by atoms with Gasteiger partial charge in [0.25, 0.3) is 0 Å². The molecule has 1 aromatic rings. The summed E-state index contributed by atoms with van der Waals surface area (Å²) in [7, 11) is 0. The normalized spacial score (nSPS) is 18.0. The van der Waals surface area contributed by atoms with Crippen LogP contribution in [0.25, 0.3) is 0 Å². The lowest BCUT2D eigenvalue weighted by molar-refractivity contribution is -0.130. The molecule has 0 bridgehead atoms. The van der Waals surface area contributed by atoms with Gasteiger partial charge in [-0.2, -0.15) is 0 Å². The summed E-state index contributed by atoms with van der Waals surface area (Å²) in [5.41, 5.74) is 2.45. The Morgan fingerprint density at radius 1 is 1.42 bits per heavy atom. The fraction of sp³-hybridized carbons (Fsp3) is 0.550. The molecule has 24 heavy (non-hydrogen) atoms. The van der Waals surface area contributed by atoms with E-state index in [0.29, 0.717) is 12.6 Å². The lowest BCUT2D eigenvalue weighted by atomic mass is 10.0. The fourth-order valence-corrected chi connectivity index (χ4v) is 3.81. The lowest BCUT2D eigenvalue weighted by Crippen LogP contribution is -2.46. The van der Waals surface area contributed by atoms with E-state index in [9.17, 15) is 4.79 Å². The molecule has 4 nitrogen and oxygen atoms in total. The maximum atomic E-state index is 12.4. The Kier molecular flexibility index (Phi) is 5.56. The fourth-order valence-electron chi connectivity index (χ4n) is 3.81. The van der Waals surface area contributed by atoms with Gasteiger partial charge in [-0.1, -0.05) is 25.6 Å². The third-order valence-corrected chi connectivity index (χ3v) is 5.10. The summed E-state index contributed by atoms with van der Waals surface area (Å²) in [5, 5.41) is 0. The van der Waals surface area contributed by atoms with Crippen LogP contribution in [0.1, 0.15) is 37.3 Å². The zero-order valence-electron chi connectivity index (χ0n) is 14.7. The Labute approximate surface area is 145 Å². The SMILES string of the molecule is C=CC(=O)N(Cc1ccc2c(c1)CCO2)C1CCN(CCC)CC1. The lowest BCUT2D eigenvalue weighted by Gasteiger charge is -2.38. The second kappa shape index (κ2) is 7.84. The number of piperidine rings is 1. The smallest absolute Gasteiger partial charge is 0.246 e. The first-order valence-electron chi connectivity index (χ1n) is 9.11. The van der Waals surface area contributed by atoms with Gasteiger partial charge in [-0.15, -0.1) is 0 Å². The highest BCUT2D eigenvalue weighted by molar-refractivity contribution is 5.87. The third-order valence-electron chi connectivity index (χ3n) is 5.10. The predicted molar refractivity (Wildman–Crippen MR) is 96.1 cm³/mol. The van der Waals surface area contributed by atoms with Crippen LogP contribution in [0.4, 0.5) is 0 Å². The molecule has 0 atom stereocenters. The van der Waals surface area contributed by atoms with Gasteiger partial charge < -0.3 is 14.5 Å². The van der Waals surface area contributed by atoms with Crippen molar-refractivity contribution in [2.24, 2.45) is 0 Å². The maximum Gasteiger partial charge on any atom is 0.246 e. The third kappa shape index (κ3) is 3.81. The standard InChI is InChI=1S/C20H28N2O2/c1-3-10-21-11-7-18(8-12-21)22(20(23)4-2)15-16-5-6-19-17(14-16)9-13-24-19/h4-6,14,18H,2-3,7-13,15H2,1H3. The summed E-state index contributed by atoms with van der Waals surface area (Å²) in [6.07, 6.45) is 5.71. The average Bonchev–Trinajstić information content (AvgIpc) is 3.08. The Hall–Kier alpha value is -1.81. The van der Waals surface area contributed by atoms with E-state index in [0.717, 1.165) is 51.3 Å². The average molecular weight is 328 g/mol. The number of hydrogen-bond acceptors (Lipinski definition) is 3. The Morgan fingerprint density at radius 3 is 2.92 bits per heavy atom. The van der Waals surface area contributed by atoms with Crippen LogP contribution >= 0.6 is 0 Å². The van der Waals surface area contributed by atoms with E-state index < -0.39 is 0 Å². The molecule has 0 saturated carbocycles. The van der Waals surface area contributed by atoms with E-state index in [4.69, 9.17) is 4.74 Å². The number of carbonyl (C=O) groups is 1. The molecule has 4 heteroatoms. The van der Waals surface area contributed by atoms with Crippen LogP contribution in [0.3, 0.4) is 0 Å². The van der Waals surface area contributed by atoms with E-state index in [-0.39, 0.29) is 5.91 Å². The minimum Gasteiger partial charge on any atom is -0.493 e. The number of hydrogen-bond donors (Lipinski definition) is 0. The zero-order valence-corrected chi connectivity index (χ0v) is 14.7. The molecule has 1 aromatic carbocycles. The van der Waals surface area contributed by atoms with Crippen LogP contribution in [0, 0.1) is 0 Å². The molecule has 130 valence electrons. The largest absolute Gasteiger partial charge is 0.493 e. The number of fused-ring (bicyclic) bond motifs is 1. The molecule has 2 heterocycles. The summed E-state index contributed by atoms with van der Waals surface area (Å²) in [4.78, 5) is 16.9. The van der Waals surface area contributed by atoms with E-state index >= 15 is 0 Å². The Morgan fingerprint density at radius 2 is 2.21 bits per heavy atom. The number of ether oxygens (including phenoxy) is 1. The van der Waals surface area contributed by atoms with Crippen LogP contribution in [0.5, 0.6) is 5.75 Å². The van der Waals surface area contributed by atoms with Crippen molar-refractivity contribution in [3.63, 3.8) is 0 Å². The quantitative estimate of drug-likeness (QED) is 0.753.